The van der Waals surface area contributed by atoms with Crippen LogP contribution in [0.2, 0.25) is 0 Å². The van der Waals surface area contributed by atoms with Gasteiger partial charge in [0.25, 0.3) is 0 Å². The number of piperazine rings is 1. The zero-order valence-electron chi connectivity index (χ0n) is 23.0. The fraction of sp³-hybridized carbons (Fsp3) is 0.312. The van der Waals surface area contributed by atoms with Crippen molar-refractivity contribution in [3.8, 4) is 28.6 Å². The van der Waals surface area contributed by atoms with E-state index in [0.29, 0.717) is 30.2 Å². The highest BCUT2D eigenvalue weighted by atomic mass is 16.5. The lowest BCUT2D eigenvalue weighted by molar-refractivity contribution is -0.133. The number of carbonyl (C=O) groups excluding carboxylic acids is 1. The van der Waals surface area contributed by atoms with E-state index in [1.54, 1.807) is 0 Å². The fourth-order valence-electron chi connectivity index (χ4n) is 5.20. The third kappa shape index (κ3) is 5.67. The first kappa shape index (κ1) is 27.3. The number of fused-ring (bicyclic) bond motifs is 1. The summed E-state index contributed by atoms with van der Waals surface area (Å²) in [6.07, 6.45) is 0.0390. The summed E-state index contributed by atoms with van der Waals surface area (Å²) < 4.78 is 12.1. The number of phenolic OH excluding ortho intramolecular Hbond substituents is 2. The number of hydrogen-bond donors (Lipinski definition) is 2. The quantitative estimate of drug-likeness (QED) is 0.340. The minimum Gasteiger partial charge on any atom is -0.507 e. The number of amides is 1. The molecule has 40 heavy (non-hydrogen) atoms. The molecule has 0 aliphatic carbocycles. The molecule has 1 aliphatic heterocycles. The number of benzene rings is 3. The minimum absolute atomic E-state index is 0.00349. The molecule has 4 aromatic rings. The van der Waals surface area contributed by atoms with E-state index in [0.717, 1.165) is 24.7 Å². The summed E-state index contributed by atoms with van der Waals surface area (Å²) in [7, 11) is 2.03. The van der Waals surface area contributed by atoms with Gasteiger partial charge in [-0.05, 0) is 38.6 Å². The monoisotopic (exact) mass is 542 g/mol. The molecule has 1 aromatic heterocycles. The molecule has 1 aliphatic rings. The van der Waals surface area contributed by atoms with Crippen molar-refractivity contribution in [1.29, 1.82) is 0 Å². The fourth-order valence-corrected chi connectivity index (χ4v) is 5.20. The lowest BCUT2D eigenvalue weighted by Gasteiger charge is -2.33. The van der Waals surface area contributed by atoms with Gasteiger partial charge in [0, 0.05) is 61.8 Å². The molecule has 208 valence electrons. The predicted octanol–water partition coefficient (Wildman–Crippen LogP) is 4.95. The second kappa shape index (κ2) is 11.4. The maximum absolute atomic E-state index is 13.6. The summed E-state index contributed by atoms with van der Waals surface area (Å²) in [6.45, 7) is 6.66. The van der Waals surface area contributed by atoms with Gasteiger partial charge in [-0.2, -0.15) is 0 Å². The molecule has 0 bridgehead atoms. The van der Waals surface area contributed by atoms with Gasteiger partial charge < -0.3 is 29.2 Å². The summed E-state index contributed by atoms with van der Waals surface area (Å²) in [4.78, 5) is 30.9. The van der Waals surface area contributed by atoms with Crippen LogP contribution in [0.4, 0.5) is 0 Å². The molecule has 0 saturated carbocycles. The van der Waals surface area contributed by atoms with Gasteiger partial charge in [-0.3, -0.25) is 9.59 Å². The Kier molecular flexibility index (Phi) is 7.80. The molecule has 0 radical (unpaired) electrons. The molecular weight excluding hydrogens is 508 g/mol. The maximum atomic E-state index is 13.6. The topological polar surface area (TPSA) is 103 Å². The average Bonchev–Trinajstić information content (AvgIpc) is 2.93. The van der Waals surface area contributed by atoms with Crippen molar-refractivity contribution in [2.75, 3.05) is 33.2 Å². The number of likely N-dealkylation sites (N-methyl/N-ethyl adjacent to an activating group) is 1. The van der Waals surface area contributed by atoms with Crippen LogP contribution in [0.5, 0.6) is 17.2 Å². The number of phenols is 2. The van der Waals surface area contributed by atoms with Crippen molar-refractivity contribution in [2.45, 2.75) is 32.3 Å². The highest BCUT2D eigenvalue weighted by Crippen LogP contribution is 2.43. The molecule has 1 fully saturated rings. The first-order valence-electron chi connectivity index (χ1n) is 13.5. The van der Waals surface area contributed by atoms with Crippen LogP contribution in [0.25, 0.3) is 22.3 Å². The summed E-state index contributed by atoms with van der Waals surface area (Å²) in [6, 6.07) is 19.0. The van der Waals surface area contributed by atoms with E-state index in [4.69, 9.17) is 9.15 Å². The maximum Gasteiger partial charge on any atom is 0.223 e. The number of rotatable bonds is 7. The van der Waals surface area contributed by atoms with Gasteiger partial charge in [0.2, 0.25) is 5.91 Å². The molecule has 2 heterocycles. The van der Waals surface area contributed by atoms with E-state index in [2.05, 4.69) is 4.90 Å². The highest BCUT2D eigenvalue weighted by molar-refractivity contribution is 5.91. The number of hydrogen-bond acceptors (Lipinski definition) is 7. The molecule has 8 nitrogen and oxygen atoms in total. The Bertz CT molecular complexity index is 1550. The first-order chi connectivity index (χ1) is 19.2. The zero-order valence-corrected chi connectivity index (χ0v) is 23.0. The van der Waals surface area contributed by atoms with E-state index in [9.17, 15) is 19.8 Å². The predicted molar refractivity (Wildman–Crippen MR) is 154 cm³/mol. The Morgan fingerprint density at radius 2 is 1.62 bits per heavy atom. The van der Waals surface area contributed by atoms with Gasteiger partial charge in [-0.1, -0.05) is 42.5 Å². The number of carbonyl (C=O) groups is 1. The zero-order chi connectivity index (χ0) is 28.4. The third-order valence-corrected chi connectivity index (χ3v) is 7.29. The molecule has 1 amide bonds. The largest absolute Gasteiger partial charge is 0.507 e. The van der Waals surface area contributed by atoms with Gasteiger partial charge in [0.1, 0.15) is 34.0 Å². The molecular formula is C32H34N2O6. The van der Waals surface area contributed by atoms with Gasteiger partial charge in [-0.25, -0.2) is 0 Å². The van der Waals surface area contributed by atoms with Gasteiger partial charge in [0.05, 0.1) is 6.10 Å². The summed E-state index contributed by atoms with van der Waals surface area (Å²) in [5, 5.41) is 21.9. The van der Waals surface area contributed by atoms with Crippen LogP contribution in [-0.2, 0) is 4.79 Å². The van der Waals surface area contributed by atoms with Crippen LogP contribution in [0.15, 0.2) is 75.9 Å². The van der Waals surface area contributed by atoms with Gasteiger partial charge in [-0.15, -0.1) is 0 Å². The standard InChI is InChI=1S/C32H34N2O6/c1-20(2)39-23-11-9-21(10-12-23)24(17-29(38)34-15-13-33(3)14-16-34)30-25(35)18-26(36)31-27(37)19-28(40-32(30)31)22-7-5-4-6-8-22/h4-12,18-20,24,35-36H,13-17H2,1-3H3. The molecule has 2 N–H and O–H groups in total. The van der Waals surface area contributed by atoms with Crippen molar-refractivity contribution in [1.82, 2.24) is 9.80 Å². The average molecular weight is 543 g/mol. The lowest BCUT2D eigenvalue weighted by Crippen LogP contribution is -2.47. The molecule has 3 aromatic carbocycles. The van der Waals surface area contributed by atoms with Crippen LogP contribution in [0.1, 0.15) is 37.3 Å². The van der Waals surface area contributed by atoms with E-state index >= 15 is 0 Å². The van der Waals surface area contributed by atoms with Crippen molar-refractivity contribution in [2.24, 2.45) is 0 Å². The first-order valence-corrected chi connectivity index (χ1v) is 13.5. The Hall–Kier alpha value is -4.30. The van der Waals surface area contributed by atoms with Crippen molar-refractivity contribution < 1.29 is 24.2 Å². The van der Waals surface area contributed by atoms with Crippen LogP contribution < -0.4 is 10.2 Å². The van der Waals surface area contributed by atoms with Crippen molar-refractivity contribution >= 4 is 16.9 Å². The van der Waals surface area contributed by atoms with E-state index < -0.39 is 11.3 Å². The SMILES string of the molecule is CC(C)Oc1ccc(C(CC(=O)N2CCN(C)CC2)c2c(O)cc(O)c3c(=O)cc(-c4ccccc4)oc23)cc1. The highest BCUT2D eigenvalue weighted by Gasteiger charge is 2.30. The van der Waals surface area contributed by atoms with E-state index in [-0.39, 0.29) is 46.5 Å². The van der Waals surface area contributed by atoms with Crippen molar-refractivity contribution in [3.05, 3.63) is 88.1 Å². The summed E-state index contributed by atoms with van der Waals surface area (Å²) in [5.41, 5.74) is 1.32. The Labute approximate surface area is 233 Å². The van der Waals surface area contributed by atoms with Crippen molar-refractivity contribution in [3.63, 3.8) is 0 Å². The van der Waals surface area contributed by atoms with Gasteiger partial charge in [0.15, 0.2) is 5.43 Å². The third-order valence-electron chi connectivity index (χ3n) is 7.29. The Balaban J connectivity index is 1.67. The molecule has 1 saturated heterocycles. The summed E-state index contributed by atoms with van der Waals surface area (Å²) in [5.74, 6) is -0.374. The number of aromatic hydroxyl groups is 2. The van der Waals surface area contributed by atoms with Crippen LogP contribution in [0, 0.1) is 0 Å². The smallest absolute Gasteiger partial charge is 0.223 e. The molecule has 1 atom stereocenters. The van der Waals surface area contributed by atoms with Gasteiger partial charge >= 0.3 is 0 Å². The van der Waals surface area contributed by atoms with Crippen LogP contribution in [0.3, 0.4) is 0 Å². The molecule has 0 spiro atoms. The number of ether oxygens (including phenoxy) is 1. The lowest BCUT2D eigenvalue weighted by atomic mass is 9.86. The number of nitrogens with zero attached hydrogens (tertiary/aromatic N) is 2. The van der Waals surface area contributed by atoms with E-state index in [1.807, 2.05) is 80.4 Å². The molecule has 5 rings (SSSR count). The second-order valence-corrected chi connectivity index (χ2v) is 10.5. The van der Waals surface area contributed by atoms with Crippen LogP contribution in [-0.4, -0.2) is 65.3 Å². The normalized spacial score (nSPS) is 14.9. The van der Waals surface area contributed by atoms with E-state index in [1.165, 1.54) is 6.07 Å². The Morgan fingerprint density at radius 3 is 2.27 bits per heavy atom. The minimum atomic E-state index is -0.655. The Morgan fingerprint density at radius 1 is 0.950 bits per heavy atom. The van der Waals surface area contributed by atoms with Crippen LogP contribution >= 0.6 is 0 Å². The summed E-state index contributed by atoms with van der Waals surface area (Å²) >= 11 is 0. The second-order valence-electron chi connectivity index (χ2n) is 10.5. The molecule has 1 unspecified atom stereocenters. The molecule has 8 heteroatoms.